The molecule has 3 heterocycles. The lowest BCUT2D eigenvalue weighted by Gasteiger charge is -2.48. The minimum Gasteiger partial charge on any atom is -0.276 e. The van der Waals surface area contributed by atoms with Crippen molar-refractivity contribution in [3.05, 3.63) is 238 Å². The molecule has 0 aromatic heterocycles. The number of benzene rings is 7. The van der Waals surface area contributed by atoms with E-state index >= 15 is 19.2 Å². The monoisotopic (exact) mass is 768 g/mol. The number of carbonyl (C=O) groups excluding carboxylic acids is 4. The minimum atomic E-state index is -1.54. The van der Waals surface area contributed by atoms with Crippen LogP contribution in [0, 0.1) is 6.92 Å². The van der Waals surface area contributed by atoms with Gasteiger partial charge in [-0.05, 0) is 73.8 Å². The van der Waals surface area contributed by atoms with Crippen molar-refractivity contribution in [2.45, 2.75) is 43.2 Å². The molecule has 4 bridgehead atoms. The van der Waals surface area contributed by atoms with Crippen molar-refractivity contribution in [3.8, 4) is 0 Å². The first-order chi connectivity index (χ1) is 28.9. The van der Waals surface area contributed by atoms with Gasteiger partial charge < -0.3 is 0 Å². The van der Waals surface area contributed by atoms with Crippen LogP contribution in [0.25, 0.3) is 10.8 Å². The van der Waals surface area contributed by atoms with Gasteiger partial charge in [0.25, 0.3) is 5.91 Å². The first kappa shape index (κ1) is 36.2. The van der Waals surface area contributed by atoms with Crippen molar-refractivity contribution in [3.63, 3.8) is 0 Å². The zero-order valence-electron chi connectivity index (χ0n) is 32.5. The van der Waals surface area contributed by atoms with Crippen LogP contribution in [0.1, 0.15) is 78.2 Å². The lowest BCUT2D eigenvalue weighted by molar-refractivity contribution is -0.146. The summed E-state index contributed by atoms with van der Waals surface area (Å²) in [4.78, 5) is 65.7. The van der Waals surface area contributed by atoms with Gasteiger partial charge in [-0.15, -0.1) is 0 Å². The van der Waals surface area contributed by atoms with Gasteiger partial charge in [0.2, 0.25) is 17.7 Å². The van der Waals surface area contributed by atoms with Crippen LogP contribution in [-0.4, -0.2) is 33.4 Å². The normalized spacial score (nSPS) is 20.1. The maximum atomic E-state index is 16.8. The Morgan fingerprint density at radius 1 is 0.593 bits per heavy atom. The number of amides is 4. The fraction of sp³-hybridized carbons (Fsp3) is 0.132. The van der Waals surface area contributed by atoms with Gasteiger partial charge in [-0.2, -0.15) is 0 Å². The first-order valence-electron chi connectivity index (χ1n) is 20.1. The molecular weight excluding hydrogens is 729 g/mol. The lowest BCUT2D eigenvalue weighted by atomic mass is 9.54. The molecule has 7 aromatic carbocycles. The average Bonchev–Trinajstić information content (AvgIpc) is 3.31. The van der Waals surface area contributed by atoms with Crippen LogP contribution in [0.2, 0.25) is 0 Å². The number of hydrogen-bond donors (Lipinski definition) is 0. The highest BCUT2D eigenvalue weighted by molar-refractivity contribution is 6.16. The highest BCUT2D eigenvalue weighted by Crippen LogP contribution is 2.58. The number of allylic oxidation sites excluding steroid dienone is 1. The standard InChI is InChI=1S/C53H40N2O4/c1-34-16-5-6-20-37(34)33-55(50(57)41-27-15-21-36-19-7-8-22-38(36)41)52(59)53-45-28-13-11-25-43(45)48(44-26-12-14-29-46(44)53)51(58)54(32-35-17-3-2-4-18-35)49(56)42-30-31-47(53)40-24-10-9-23-39(40)42/h2-31,42,47-48H,32-33H2,1H3. The zero-order valence-corrected chi connectivity index (χ0v) is 32.5. The Morgan fingerprint density at radius 2 is 1.19 bits per heavy atom. The maximum absolute atomic E-state index is 16.8. The summed E-state index contributed by atoms with van der Waals surface area (Å²) in [5.74, 6) is -3.83. The van der Waals surface area contributed by atoms with Gasteiger partial charge in [0.15, 0.2) is 0 Å². The van der Waals surface area contributed by atoms with Gasteiger partial charge in [0.1, 0.15) is 5.41 Å². The molecule has 6 nitrogen and oxygen atoms in total. The van der Waals surface area contributed by atoms with Crippen molar-refractivity contribution in [2.75, 3.05) is 0 Å². The van der Waals surface area contributed by atoms with Crippen molar-refractivity contribution >= 4 is 34.4 Å². The third-order valence-electron chi connectivity index (χ3n) is 12.7. The summed E-state index contributed by atoms with van der Waals surface area (Å²) in [6.07, 6.45) is 3.86. The molecule has 6 heteroatoms. The number of fused-ring (bicyclic) bond motifs is 1. The molecule has 2 unspecified atom stereocenters. The molecule has 0 spiro atoms. The average molecular weight is 769 g/mol. The summed E-state index contributed by atoms with van der Waals surface area (Å²) < 4.78 is 0. The number of hydrogen-bond acceptors (Lipinski definition) is 4. The minimum absolute atomic E-state index is 0.0199. The van der Waals surface area contributed by atoms with Crippen LogP contribution >= 0.6 is 0 Å². The Labute approximate surface area is 343 Å². The summed E-state index contributed by atoms with van der Waals surface area (Å²) >= 11 is 0. The fourth-order valence-electron chi connectivity index (χ4n) is 9.91. The molecular formula is C53H40N2O4. The molecule has 0 saturated carbocycles. The van der Waals surface area contributed by atoms with Gasteiger partial charge >= 0.3 is 0 Å². The van der Waals surface area contributed by atoms with Crippen molar-refractivity contribution < 1.29 is 19.2 Å². The van der Waals surface area contributed by atoms with E-state index in [0.29, 0.717) is 27.8 Å². The van der Waals surface area contributed by atoms with E-state index < -0.39 is 35.0 Å². The molecule has 12 rings (SSSR count). The molecule has 4 amide bonds. The Hall–Kier alpha value is -7.18. The summed E-state index contributed by atoms with van der Waals surface area (Å²) in [5, 5.41) is 1.64. The van der Waals surface area contributed by atoms with E-state index in [1.165, 1.54) is 9.80 Å². The van der Waals surface area contributed by atoms with Crippen molar-refractivity contribution in [1.82, 2.24) is 9.80 Å². The second-order valence-electron chi connectivity index (χ2n) is 15.8. The maximum Gasteiger partial charge on any atom is 0.261 e. The summed E-state index contributed by atoms with van der Waals surface area (Å²) in [6, 6.07) is 53.9. The van der Waals surface area contributed by atoms with Crippen LogP contribution in [0.3, 0.4) is 0 Å². The van der Waals surface area contributed by atoms with E-state index in [0.717, 1.165) is 38.6 Å². The SMILES string of the molecule is Cc1ccccc1CN(C(=O)c1cccc2ccccc12)C(=O)C12c3ccccc3C(C(=O)N(Cc3ccccc3)C(=O)C3C=CC1c1ccccc13)c1ccccc12. The van der Waals surface area contributed by atoms with Crippen LogP contribution in [0.4, 0.5) is 0 Å². The van der Waals surface area contributed by atoms with E-state index in [1.54, 1.807) is 6.07 Å². The molecule has 0 N–H and O–H groups in total. The molecule has 7 aromatic rings. The Bertz CT molecular complexity index is 2820. The van der Waals surface area contributed by atoms with Crippen LogP contribution in [-0.2, 0) is 32.9 Å². The van der Waals surface area contributed by atoms with Gasteiger partial charge in [0.05, 0.1) is 24.9 Å². The Kier molecular flexibility index (Phi) is 8.79. The summed E-state index contributed by atoms with van der Waals surface area (Å²) in [6.45, 7) is 2.10. The molecule has 2 aliphatic carbocycles. The van der Waals surface area contributed by atoms with Crippen LogP contribution < -0.4 is 0 Å². The second kappa shape index (κ2) is 14.3. The molecule has 0 radical (unpaired) electrons. The Balaban J connectivity index is 1.28. The largest absolute Gasteiger partial charge is 0.276 e. The lowest BCUT2D eigenvalue weighted by Crippen LogP contribution is -2.55. The van der Waals surface area contributed by atoms with Crippen LogP contribution in [0.15, 0.2) is 182 Å². The first-order valence-corrected chi connectivity index (χ1v) is 20.1. The number of nitrogens with zero attached hydrogens (tertiary/aromatic N) is 2. The molecule has 5 aliphatic rings. The highest BCUT2D eigenvalue weighted by atomic mass is 16.2. The fourth-order valence-corrected chi connectivity index (χ4v) is 9.91. The van der Waals surface area contributed by atoms with E-state index in [9.17, 15) is 0 Å². The predicted molar refractivity (Wildman–Crippen MR) is 229 cm³/mol. The molecule has 0 saturated heterocycles. The van der Waals surface area contributed by atoms with Crippen molar-refractivity contribution in [1.29, 1.82) is 0 Å². The van der Waals surface area contributed by atoms with E-state index in [4.69, 9.17) is 0 Å². The quantitative estimate of drug-likeness (QED) is 0.125. The third kappa shape index (κ3) is 5.62. The van der Waals surface area contributed by atoms with Crippen LogP contribution in [0.5, 0.6) is 0 Å². The number of imide groups is 2. The highest BCUT2D eigenvalue weighted by Gasteiger charge is 2.59. The number of rotatable bonds is 6. The molecule has 2 atom stereocenters. The topological polar surface area (TPSA) is 74.8 Å². The number of carbonyl (C=O) groups is 4. The van der Waals surface area contributed by atoms with Gasteiger partial charge in [0, 0.05) is 11.5 Å². The zero-order chi connectivity index (χ0) is 40.3. The third-order valence-corrected chi connectivity index (χ3v) is 12.7. The van der Waals surface area contributed by atoms with E-state index in [-0.39, 0.29) is 24.9 Å². The Morgan fingerprint density at radius 3 is 1.92 bits per heavy atom. The van der Waals surface area contributed by atoms with Gasteiger partial charge in [-0.25, -0.2) is 0 Å². The number of aryl methyl sites for hydroxylation is 1. The summed E-state index contributed by atoms with van der Waals surface area (Å²) in [7, 11) is 0. The van der Waals surface area contributed by atoms with E-state index in [1.807, 2.05) is 183 Å². The van der Waals surface area contributed by atoms with E-state index in [2.05, 4.69) is 0 Å². The molecule has 59 heavy (non-hydrogen) atoms. The van der Waals surface area contributed by atoms with Crippen molar-refractivity contribution in [2.24, 2.45) is 0 Å². The summed E-state index contributed by atoms with van der Waals surface area (Å²) in [5.41, 5.74) is 5.59. The second-order valence-corrected chi connectivity index (χ2v) is 15.8. The predicted octanol–water partition coefficient (Wildman–Crippen LogP) is 9.76. The molecule has 286 valence electrons. The van der Waals surface area contributed by atoms with Gasteiger partial charge in [-0.3, -0.25) is 29.0 Å². The van der Waals surface area contributed by atoms with Gasteiger partial charge in [-0.1, -0.05) is 176 Å². The smallest absolute Gasteiger partial charge is 0.261 e. The molecule has 3 aliphatic heterocycles. The molecule has 0 fully saturated rings.